The number of nitrogens with one attached hydrogen (secondary N) is 4. The Bertz CT molecular complexity index is 1170. The van der Waals surface area contributed by atoms with Crippen LogP contribution in [-0.2, 0) is 35.1 Å². The second-order valence-corrected chi connectivity index (χ2v) is 14.3. The first-order chi connectivity index (χ1) is 23.4. The second kappa shape index (κ2) is 20.9. The highest BCUT2D eigenvalue weighted by molar-refractivity contribution is 8.00. The van der Waals surface area contributed by atoms with Gasteiger partial charge in [-0.2, -0.15) is 11.8 Å². The van der Waals surface area contributed by atoms with E-state index < -0.39 is 0 Å². The van der Waals surface area contributed by atoms with Gasteiger partial charge in [-0.05, 0) is 57.1 Å². The van der Waals surface area contributed by atoms with Gasteiger partial charge < -0.3 is 34.7 Å². The van der Waals surface area contributed by atoms with E-state index in [1.165, 1.54) is 0 Å². The zero-order valence-corrected chi connectivity index (χ0v) is 29.7. The number of hydrogen-bond donors (Lipinski definition) is 4. The third-order valence-electron chi connectivity index (χ3n) is 9.59. The molecule has 0 bridgehead atoms. The summed E-state index contributed by atoms with van der Waals surface area (Å²) in [5.74, 6) is 1.23. The minimum Gasteiger partial charge on any atom is -0.379 e. The van der Waals surface area contributed by atoms with Gasteiger partial charge in [-0.1, -0.05) is 13.3 Å². The molecule has 3 aliphatic heterocycles. The van der Waals surface area contributed by atoms with E-state index in [2.05, 4.69) is 25.8 Å². The number of thioether (sulfide) groups is 1. The summed E-state index contributed by atoms with van der Waals surface area (Å²) in [5, 5.41) is 12.7. The Balaban J connectivity index is 0.910. The van der Waals surface area contributed by atoms with Crippen LogP contribution in [-0.4, -0.2) is 104 Å². The maximum absolute atomic E-state index is 13.0. The lowest BCUT2D eigenvalue weighted by Crippen LogP contribution is -2.51. The van der Waals surface area contributed by atoms with Crippen molar-refractivity contribution in [1.82, 2.24) is 25.8 Å². The number of unbranched alkanes of at least 4 members (excludes halogenated alkanes) is 3. The van der Waals surface area contributed by atoms with Crippen LogP contribution in [0.1, 0.15) is 89.3 Å². The summed E-state index contributed by atoms with van der Waals surface area (Å²) < 4.78 is 19.0. The zero-order chi connectivity index (χ0) is 34.1. The lowest BCUT2D eigenvalue weighted by Gasteiger charge is -2.36. The van der Waals surface area contributed by atoms with Gasteiger partial charge in [-0.25, -0.2) is 4.79 Å². The minimum absolute atomic E-state index is 0.0131. The van der Waals surface area contributed by atoms with Crippen molar-refractivity contribution in [2.24, 2.45) is 5.92 Å². The molecule has 13 heteroatoms. The van der Waals surface area contributed by atoms with E-state index in [0.29, 0.717) is 82.9 Å². The van der Waals surface area contributed by atoms with Crippen molar-refractivity contribution in [3.05, 3.63) is 24.0 Å². The van der Waals surface area contributed by atoms with Crippen molar-refractivity contribution in [2.75, 3.05) is 52.4 Å². The lowest BCUT2D eigenvalue weighted by atomic mass is 9.90. The maximum atomic E-state index is 13.0. The highest BCUT2D eigenvalue weighted by Gasteiger charge is 2.42. The summed E-state index contributed by atoms with van der Waals surface area (Å²) in [4.78, 5) is 49.2. The van der Waals surface area contributed by atoms with Gasteiger partial charge in [0.2, 0.25) is 5.91 Å². The van der Waals surface area contributed by atoms with Crippen LogP contribution in [0.2, 0.25) is 0 Å². The smallest absolute Gasteiger partial charge is 0.315 e. The number of fused-ring (bicyclic) bond motifs is 2. The molecule has 2 saturated heterocycles. The monoisotopic (exact) mass is 691 g/mol. The van der Waals surface area contributed by atoms with Crippen molar-refractivity contribution in [1.29, 1.82) is 0 Å². The second-order valence-electron chi connectivity index (χ2n) is 13.0. The number of ketones is 2. The summed E-state index contributed by atoms with van der Waals surface area (Å²) in [6, 6.07) is 3.96. The summed E-state index contributed by atoms with van der Waals surface area (Å²) >= 11 is 1.92. The van der Waals surface area contributed by atoms with Gasteiger partial charge in [-0.15, -0.1) is 0 Å². The van der Waals surface area contributed by atoms with Gasteiger partial charge >= 0.3 is 6.03 Å². The van der Waals surface area contributed by atoms with Gasteiger partial charge in [-0.3, -0.25) is 19.7 Å². The molecule has 4 N–H and O–H groups in total. The Hall–Kier alpha value is -2.45. The van der Waals surface area contributed by atoms with Crippen LogP contribution in [0.15, 0.2) is 18.3 Å². The summed E-state index contributed by atoms with van der Waals surface area (Å²) in [6.07, 6.45) is 10.7. The molecule has 270 valence electrons. The van der Waals surface area contributed by atoms with Crippen molar-refractivity contribution < 1.29 is 33.4 Å². The first-order valence-corrected chi connectivity index (χ1v) is 19.0. The molecule has 0 spiro atoms. The molecular formula is C35H57N5O7S. The molecule has 3 amide bonds. The zero-order valence-electron chi connectivity index (χ0n) is 28.8. The van der Waals surface area contributed by atoms with Gasteiger partial charge in [0.1, 0.15) is 5.78 Å². The average Bonchev–Trinajstić information content (AvgIpc) is 3.81. The SMILES string of the molecule is CCC(C(=O)NC)C1NC(C(=O)CCCCOCCOCCOCCCCC(=O)CCCCC2SCC3NC(=O)NC32)Cn2cccc21. The van der Waals surface area contributed by atoms with E-state index in [-0.39, 0.29) is 47.8 Å². The molecule has 48 heavy (non-hydrogen) atoms. The largest absolute Gasteiger partial charge is 0.379 e. The molecule has 4 rings (SSSR count). The summed E-state index contributed by atoms with van der Waals surface area (Å²) in [6.45, 7) is 5.84. The number of ether oxygens (including phenoxy) is 3. The van der Waals surface area contributed by atoms with Gasteiger partial charge in [0.05, 0.1) is 56.5 Å². The molecule has 2 fully saturated rings. The van der Waals surface area contributed by atoms with Crippen LogP contribution in [0, 0.1) is 5.92 Å². The van der Waals surface area contributed by atoms with Gasteiger partial charge in [0.15, 0.2) is 5.78 Å². The molecule has 12 nitrogen and oxygen atoms in total. The molecule has 0 radical (unpaired) electrons. The average molecular weight is 692 g/mol. The Kier molecular flexibility index (Phi) is 16.7. The standard InChI is InChI=1S/C35H57N5O7S/c1-3-26(34(43)36-2)32-29-13-10-16-40(29)23-27(37-32)30(42)14-7-9-18-46-20-22-47-21-19-45-17-8-6-12-25(41)11-4-5-15-31-33-28(24-48-31)38-35(44)39-33/h10,13,16,26-28,31-33,37H,3-9,11-12,14-15,17-24H2,1-2H3,(H,36,43)(H2,38,39,44). The first kappa shape index (κ1) is 38.4. The number of hydrogen-bond acceptors (Lipinski definition) is 9. The Morgan fingerprint density at radius 1 is 0.938 bits per heavy atom. The Morgan fingerprint density at radius 2 is 1.60 bits per heavy atom. The molecule has 6 unspecified atom stereocenters. The van der Waals surface area contributed by atoms with Crippen molar-refractivity contribution in [3.8, 4) is 0 Å². The molecule has 6 atom stereocenters. The molecule has 1 aromatic rings. The van der Waals surface area contributed by atoms with Gasteiger partial charge in [0, 0.05) is 69.0 Å². The Morgan fingerprint density at radius 3 is 2.29 bits per heavy atom. The van der Waals surface area contributed by atoms with Crippen LogP contribution in [0.25, 0.3) is 0 Å². The van der Waals surface area contributed by atoms with Gasteiger partial charge in [0.25, 0.3) is 0 Å². The quantitative estimate of drug-likeness (QED) is 0.0893. The van der Waals surface area contributed by atoms with Crippen molar-refractivity contribution in [2.45, 2.75) is 114 Å². The number of urea groups is 1. The van der Waals surface area contributed by atoms with E-state index in [9.17, 15) is 19.2 Å². The minimum atomic E-state index is -0.305. The highest BCUT2D eigenvalue weighted by atomic mass is 32.2. The molecule has 4 heterocycles. The number of rotatable bonds is 25. The van der Waals surface area contributed by atoms with Crippen LogP contribution >= 0.6 is 11.8 Å². The third kappa shape index (κ3) is 11.9. The van der Waals surface area contributed by atoms with Crippen molar-refractivity contribution >= 4 is 35.3 Å². The van der Waals surface area contributed by atoms with Crippen LogP contribution < -0.4 is 21.3 Å². The fourth-order valence-corrected chi connectivity index (χ4v) is 8.43. The number of carbonyl (C=O) groups is 4. The number of nitrogens with zero attached hydrogens (tertiary/aromatic N) is 1. The van der Waals surface area contributed by atoms with Crippen LogP contribution in [0.3, 0.4) is 0 Å². The molecular weight excluding hydrogens is 634 g/mol. The number of carbonyl (C=O) groups excluding carboxylic acids is 4. The fourth-order valence-electron chi connectivity index (χ4n) is 6.88. The molecule has 1 aromatic heterocycles. The lowest BCUT2D eigenvalue weighted by molar-refractivity contribution is -0.127. The van der Waals surface area contributed by atoms with E-state index in [0.717, 1.165) is 56.4 Å². The van der Waals surface area contributed by atoms with E-state index in [4.69, 9.17) is 14.2 Å². The fraction of sp³-hybridized carbons (Fsp3) is 0.771. The number of Topliss-reactive ketones (excluding diaryl/α,β-unsaturated/α-hetero) is 2. The van der Waals surface area contributed by atoms with Crippen LogP contribution in [0.4, 0.5) is 4.79 Å². The molecule has 3 aliphatic rings. The Labute approximate surface area is 289 Å². The molecule has 0 aromatic carbocycles. The van der Waals surface area contributed by atoms with E-state index >= 15 is 0 Å². The molecule has 0 aliphatic carbocycles. The van der Waals surface area contributed by atoms with Crippen LogP contribution in [0.5, 0.6) is 0 Å². The van der Waals surface area contributed by atoms with E-state index in [1.54, 1.807) is 7.05 Å². The first-order valence-electron chi connectivity index (χ1n) is 18.0. The summed E-state index contributed by atoms with van der Waals surface area (Å²) in [5.41, 5.74) is 1.05. The third-order valence-corrected chi connectivity index (χ3v) is 11.1. The van der Waals surface area contributed by atoms with E-state index in [1.807, 2.05) is 37.0 Å². The molecule has 0 saturated carbocycles. The number of aromatic nitrogens is 1. The summed E-state index contributed by atoms with van der Waals surface area (Å²) in [7, 11) is 1.65. The number of amides is 3. The highest BCUT2D eigenvalue weighted by Crippen LogP contribution is 2.33. The van der Waals surface area contributed by atoms with Crippen molar-refractivity contribution in [3.63, 3.8) is 0 Å². The topological polar surface area (TPSA) is 149 Å². The maximum Gasteiger partial charge on any atom is 0.315 e. The predicted octanol–water partition coefficient (Wildman–Crippen LogP) is 3.53. The normalized spacial score (nSPS) is 23.6. The predicted molar refractivity (Wildman–Crippen MR) is 186 cm³/mol.